The lowest BCUT2D eigenvalue weighted by Gasteiger charge is -2.15. The van der Waals surface area contributed by atoms with Gasteiger partial charge in [0.05, 0.1) is 0 Å². The molecule has 0 saturated heterocycles. The smallest absolute Gasteiger partial charge is 0.220 e. The lowest BCUT2D eigenvalue weighted by molar-refractivity contribution is -0.121. The van der Waals surface area contributed by atoms with Gasteiger partial charge in [-0.3, -0.25) is 4.79 Å². The standard InChI is InChI=1S/C26H28N2O2S/c1-30-15-8-14-27-26(29)17-22(25-13-7-16-31-25)23-19-28(18-20-9-3-2-4-10-20)24-12-6-5-11-21(23)24/h2-7,9-13,16,19,22H,8,14-15,17-18H2,1H3,(H,27,29). The molecule has 1 N–H and O–H groups in total. The average molecular weight is 433 g/mol. The van der Waals surface area contributed by atoms with Crippen molar-refractivity contribution in [3.8, 4) is 0 Å². The SMILES string of the molecule is COCCCNC(=O)CC(c1cccs1)c1cn(Cc2ccccc2)c2ccccc12. The molecule has 5 heteroatoms. The highest BCUT2D eigenvalue weighted by Gasteiger charge is 2.23. The maximum Gasteiger partial charge on any atom is 0.220 e. The van der Waals surface area contributed by atoms with Gasteiger partial charge in [0.15, 0.2) is 0 Å². The zero-order chi connectivity index (χ0) is 21.5. The molecule has 0 saturated carbocycles. The predicted octanol–water partition coefficient (Wildman–Crippen LogP) is 5.43. The number of aromatic nitrogens is 1. The first-order valence-corrected chi connectivity index (χ1v) is 11.5. The molecular formula is C26H28N2O2S. The first-order chi connectivity index (χ1) is 15.3. The molecule has 2 aromatic carbocycles. The molecule has 0 spiro atoms. The number of hydrogen-bond donors (Lipinski definition) is 1. The molecule has 1 amide bonds. The van der Waals surface area contributed by atoms with Crippen molar-refractivity contribution in [2.45, 2.75) is 25.3 Å². The van der Waals surface area contributed by atoms with Crippen molar-refractivity contribution in [3.63, 3.8) is 0 Å². The Balaban J connectivity index is 1.65. The van der Waals surface area contributed by atoms with E-state index in [4.69, 9.17) is 4.74 Å². The van der Waals surface area contributed by atoms with E-state index < -0.39 is 0 Å². The third kappa shape index (κ3) is 5.24. The van der Waals surface area contributed by atoms with Gasteiger partial charge in [-0.15, -0.1) is 11.3 Å². The highest BCUT2D eigenvalue weighted by molar-refractivity contribution is 7.10. The van der Waals surface area contributed by atoms with Gasteiger partial charge >= 0.3 is 0 Å². The molecule has 31 heavy (non-hydrogen) atoms. The maximum absolute atomic E-state index is 12.8. The van der Waals surface area contributed by atoms with Gasteiger partial charge in [0, 0.05) is 61.1 Å². The van der Waals surface area contributed by atoms with Crippen LogP contribution in [0.4, 0.5) is 0 Å². The van der Waals surface area contributed by atoms with Gasteiger partial charge in [0.25, 0.3) is 0 Å². The molecule has 2 aromatic heterocycles. The molecule has 160 valence electrons. The Labute approximate surface area is 187 Å². The second kappa shape index (κ2) is 10.4. The summed E-state index contributed by atoms with van der Waals surface area (Å²) in [7, 11) is 1.68. The Morgan fingerprint density at radius 3 is 2.65 bits per heavy atom. The Morgan fingerprint density at radius 2 is 1.87 bits per heavy atom. The number of benzene rings is 2. The Hall–Kier alpha value is -2.89. The Bertz CT molecular complexity index is 1100. The van der Waals surface area contributed by atoms with Gasteiger partial charge in [0.1, 0.15) is 0 Å². The summed E-state index contributed by atoms with van der Waals surface area (Å²) in [4.78, 5) is 14.0. The van der Waals surface area contributed by atoms with Gasteiger partial charge in [-0.05, 0) is 35.1 Å². The monoisotopic (exact) mass is 432 g/mol. The molecule has 4 nitrogen and oxygen atoms in total. The number of nitrogens with zero attached hydrogens (tertiary/aromatic N) is 1. The summed E-state index contributed by atoms with van der Waals surface area (Å²) in [6.07, 6.45) is 3.50. The Morgan fingerprint density at radius 1 is 1.06 bits per heavy atom. The van der Waals surface area contributed by atoms with Crippen LogP contribution in [0.5, 0.6) is 0 Å². The van der Waals surface area contributed by atoms with Crippen molar-refractivity contribution in [3.05, 3.63) is 94.3 Å². The fourth-order valence-corrected chi connectivity index (χ4v) is 4.86. The minimum Gasteiger partial charge on any atom is -0.385 e. The first kappa shape index (κ1) is 21.3. The normalized spacial score (nSPS) is 12.2. The van der Waals surface area contributed by atoms with Crippen LogP contribution in [0.2, 0.25) is 0 Å². The van der Waals surface area contributed by atoms with E-state index >= 15 is 0 Å². The summed E-state index contributed by atoms with van der Waals surface area (Å²) >= 11 is 1.71. The van der Waals surface area contributed by atoms with Gasteiger partial charge in [0.2, 0.25) is 5.91 Å². The van der Waals surface area contributed by atoms with Crippen molar-refractivity contribution in [1.29, 1.82) is 0 Å². The van der Waals surface area contributed by atoms with Crippen LogP contribution >= 0.6 is 11.3 Å². The summed E-state index contributed by atoms with van der Waals surface area (Å²) in [6.45, 7) is 2.10. The van der Waals surface area contributed by atoms with E-state index in [9.17, 15) is 4.79 Å². The molecule has 0 bridgehead atoms. The largest absolute Gasteiger partial charge is 0.385 e. The molecule has 0 aliphatic rings. The number of hydrogen-bond acceptors (Lipinski definition) is 3. The topological polar surface area (TPSA) is 43.3 Å². The number of nitrogens with one attached hydrogen (secondary N) is 1. The number of para-hydroxylation sites is 1. The van der Waals surface area contributed by atoms with E-state index in [0.717, 1.165) is 13.0 Å². The molecule has 4 aromatic rings. The van der Waals surface area contributed by atoms with Gasteiger partial charge in [-0.1, -0.05) is 54.6 Å². The van der Waals surface area contributed by atoms with Crippen LogP contribution in [0.1, 0.15) is 34.8 Å². The minimum absolute atomic E-state index is 0.0318. The van der Waals surface area contributed by atoms with Crippen LogP contribution in [-0.2, 0) is 16.1 Å². The number of rotatable bonds is 10. The molecule has 0 aliphatic carbocycles. The molecule has 2 heterocycles. The quantitative estimate of drug-likeness (QED) is 0.340. The van der Waals surface area contributed by atoms with Crippen LogP contribution in [0.25, 0.3) is 10.9 Å². The van der Waals surface area contributed by atoms with Crippen LogP contribution in [0, 0.1) is 0 Å². The summed E-state index contributed by atoms with van der Waals surface area (Å²) < 4.78 is 7.38. The van der Waals surface area contributed by atoms with E-state index in [-0.39, 0.29) is 11.8 Å². The molecule has 0 fully saturated rings. The number of thiophene rings is 1. The second-order valence-corrected chi connectivity index (χ2v) is 8.66. The highest BCUT2D eigenvalue weighted by atomic mass is 32.1. The van der Waals surface area contributed by atoms with Gasteiger partial charge < -0.3 is 14.6 Å². The van der Waals surface area contributed by atoms with Crippen LogP contribution in [0.15, 0.2) is 78.3 Å². The number of ether oxygens (including phenoxy) is 1. The summed E-state index contributed by atoms with van der Waals surface area (Å²) in [6, 6.07) is 23.2. The third-order valence-electron chi connectivity index (χ3n) is 5.51. The van der Waals surface area contributed by atoms with Crippen molar-refractivity contribution >= 4 is 28.1 Å². The average Bonchev–Trinajstić information content (AvgIpc) is 3.45. The van der Waals surface area contributed by atoms with Crippen molar-refractivity contribution < 1.29 is 9.53 Å². The highest BCUT2D eigenvalue weighted by Crippen LogP contribution is 2.37. The molecule has 1 unspecified atom stereocenters. The number of carbonyl (C=O) groups excluding carboxylic acids is 1. The van der Waals surface area contributed by atoms with E-state index in [2.05, 4.69) is 82.1 Å². The number of fused-ring (bicyclic) bond motifs is 1. The number of amides is 1. The minimum atomic E-state index is 0.0318. The van der Waals surface area contributed by atoms with E-state index in [0.29, 0.717) is 19.6 Å². The summed E-state index contributed by atoms with van der Waals surface area (Å²) in [5.41, 5.74) is 3.67. The maximum atomic E-state index is 12.8. The fraction of sp³-hybridized carbons (Fsp3) is 0.269. The van der Waals surface area contributed by atoms with Crippen LogP contribution in [0.3, 0.4) is 0 Å². The number of carbonyl (C=O) groups is 1. The van der Waals surface area contributed by atoms with Gasteiger partial charge in [-0.2, -0.15) is 0 Å². The van der Waals surface area contributed by atoms with Crippen LogP contribution < -0.4 is 5.32 Å². The van der Waals surface area contributed by atoms with Crippen molar-refractivity contribution in [1.82, 2.24) is 9.88 Å². The molecule has 1 atom stereocenters. The molecule has 0 aliphatic heterocycles. The van der Waals surface area contributed by atoms with E-state index in [1.165, 1.54) is 26.9 Å². The summed E-state index contributed by atoms with van der Waals surface area (Å²) in [5.74, 6) is 0.110. The molecular weight excluding hydrogens is 404 g/mol. The lowest BCUT2D eigenvalue weighted by Crippen LogP contribution is -2.26. The summed E-state index contributed by atoms with van der Waals surface area (Å²) in [5, 5.41) is 6.35. The zero-order valence-corrected chi connectivity index (χ0v) is 18.6. The second-order valence-electron chi connectivity index (χ2n) is 7.68. The van der Waals surface area contributed by atoms with E-state index in [1.807, 2.05) is 6.07 Å². The van der Waals surface area contributed by atoms with Crippen LogP contribution in [-0.4, -0.2) is 30.7 Å². The predicted molar refractivity (Wildman–Crippen MR) is 128 cm³/mol. The third-order valence-corrected chi connectivity index (χ3v) is 6.50. The molecule has 0 radical (unpaired) electrons. The molecule has 4 rings (SSSR count). The van der Waals surface area contributed by atoms with Gasteiger partial charge in [-0.25, -0.2) is 0 Å². The van der Waals surface area contributed by atoms with Crippen molar-refractivity contribution in [2.75, 3.05) is 20.3 Å². The van der Waals surface area contributed by atoms with Crippen molar-refractivity contribution in [2.24, 2.45) is 0 Å². The number of methoxy groups -OCH3 is 1. The lowest BCUT2D eigenvalue weighted by atomic mass is 9.93. The first-order valence-electron chi connectivity index (χ1n) is 10.7. The Kier molecular flexibility index (Phi) is 7.18. The van der Waals surface area contributed by atoms with E-state index in [1.54, 1.807) is 18.4 Å². The zero-order valence-electron chi connectivity index (χ0n) is 17.8. The fourth-order valence-electron chi connectivity index (χ4n) is 4.02.